The van der Waals surface area contributed by atoms with Crippen LogP contribution in [0.25, 0.3) is 0 Å². The van der Waals surface area contributed by atoms with E-state index in [1.165, 1.54) is 16.8 Å². The topological polar surface area (TPSA) is 65.8 Å². The van der Waals surface area contributed by atoms with Gasteiger partial charge >= 0.3 is 0 Å². The third-order valence-electron chi connectivity index (χ3n) is 4.36. The highest BCUT2D eigenvalue weighted by Crippen LogP contribution is 2.42. The van der Waals surface area contributed by atoms with Crippen LogP contribution in [0.15, 0.2) is 64.9 Å². The Kier molecular flexibility index (Phi) is 4.82. The molecule has 1 N–H and O–H groups in total. The SMILES string of the molecule is O=C(C1=CCC(Br)S1)N1N=C(c2cccnc2)CC1c1ccccc1O. The van der Waals surface area contributed by atoms with Crippen molar-refractivity contribution >= 4 is 39.3 Å². The number of phenols is 1. The normalized spacial score (nSPS) is 22.3. The number of benzene rings is 1. The third kappa shape index (κ3) is 3.29. The quantitative estimate of drug-likeness (QED) is 0.742. The molecule has 2 aliphatic rings. The van der Waals surface area contributed by atoms with Gasteiger partial charge < -0.3 is 5.11 Å². The summed E-state index contributed by atoms with van der Waals surface area (Å²) in [6.45, 7) is 0. The van der Waals surface area contributed by atoms with Crippen molar-refractivity contribution in [3.8, 4) is 5.75 Å². The van der Waals surface area contributed by atoms with Gasteiger partial charge in [0.2, 0.25) is 0 Å². The Bertz CT molecular complexity index is 901. The van der Waals surface area contributed by atoms with E-state index in [1.54, 1.807) is 24.5 Å². The van der Waals surface area contributed by atoms with Crippen molar-refractivity contribution < 1.29 is 9.90 Å². The van der Waals surface area contributed by atoms with Crippen LogP contribution in [0, 0.1) is 0 Å². The molecule has 1 aromatic heterocycles. The van der Waals surface area contributed by atoms with Gasteiger partial charge in [0.25, 0.3) is 5.91 Å². The largest absolute Gasteiger partial charge is 0.508 e. The van der Waals surface area contributed by atoms with Crippen molar-refractivity contribution in [1.82, 2.24) is 9.99 Å². The number of rotatable bonds is 3. The fourth-order valence-corrected chi connectivity index (χ4v) is 4.75. The van der Waals surface area contributed by atoms with Gasteiger partial charge in [0.15, 0.2) is 0 Å². The zero-order valence-corrected chi connectivity index (χ0v) is 16.2. The van der Waals surface area contributed by atoms with E-state index in [0.29, 0.717) is 16.9 Å². The second kappa shape index (κ2) is 7.25. The van der Waals surface area contributed by atoms with Crippen LogP contribution >= 0.6 is 27.7 Å². The number of carbonyl (C=O) groups excluding carboxylic acids is 1. The Morgan fingerprint density at radius 1 is 1.27 bits per heavy atom. The van der Waals surface area contributed by atoms with Gasteiger partial charge in [0.1, 0.15) is 5.75 Å². The fourth-order valence-electron chi connectivity index (χ4n) is 3.10. The molecule has 2 aromatic rings. The number of hydrazone groups is 1. The Morgan fingerprint density at radius 3 is 2.81 bits per heavy atom. The highest BCUT2D eigenvalue weighted by Gasteiger charge is 2.37. The average Bonchev–Trinajstić information content (AvgIpc) is 3.29. The van der Waals surface area contributed by atoms with Gasteiger partial charge in [-0.1, -0.05) is 46.3 Å². The van der Waals surface area contributed by atoms with Crippen LogP contribution < -0.4 is 0 Å². The molecule has 0 bridgehead atoms. The van der Waals surface area contributed by atoms with Crippen molar-refractivity contribution in [1.29, 1.82) is 0 Å². The summed E-state index contributed by atoms with van der Waals surface area (Å²) in [5, 5.41) is 16.4. The zero-order valence-electron chi connectivity index (χ0n) is 13.7. The van der Waals surface area contributed by atoms with E-state index in [0.717, 1.165) is 17.7 Å². The van der Waals surface area contributed by atoms with Gasteiger partial charge in [-0.05, 0) is 18.6 Å². The number of carbonyl (C=O) groups is 1. The lowest BCUT2D eigenvalue weighted by atomic mass is 9.98. The summed E-state index contributed by atoms with van der Waals surface area (Å²) in [6.07, 6.45) is 6.72. The minimum Gasteiger partial charge on any atom is -0.508 e. The van der Waals surface area contributed by atoms with Crippen molar-refractivity contribution in [2.45, 2.75) is 23.0 Å². The molecule has 0 saturated carbocycles. The van der Waals surface area contributed by atoms with E-state index < -0.39 is 0 Å². The maximum Gasteiger partial charge on any atom is 0.280 e. The molecular weight excluding hydrogens is 414 g/mol. The molecule has 2 aliphatic heterocycles. The fraction of sp³-hybridized carbons (Fsp3) is 0.211. The van der Waals surface area contributed by atoms with Crippen LogP contribution in [0.4, 0.5) is 0 Å². The van der Waals surface area contributed by atoms with E-state index in [2.05, 4.69) is 26.0 Å². The molecule has 1 aromatic carbocycles. The number of phenolic OH excluding ortho intramolecular Hbond substituents is 1. The van der Waals surface area contributed by atoms with Crippen molar-refractivity contribution in [3.63, 3.8) is 0 Å². The maximum absolute atomic E-state index is 13.1. The maximum atomic E-state index is 13.1. The van der Waals surface area contributed by atoms with Gasteiger partial charge in [-0.15, -0.1) is 11.8 Å². The number of aromatic hydroxyl groups is 1. The highest BCUT2D eigenvalue weighted by molar-refractivity contribution is 9.11. The molecule has 2 atom stereocenters. The number of allylic oxidation sites excluding steroid dienone is 1. The Morgan fingerprint density at radius 2 is 2.12 bits per heavy atom. The molecule has 2 unspecified atom stereocenters. The van der Waals surface area contributed by atoms with Crippen LogP contribution in [-0.4, -0.2) is 30.9 Å². The first-order valence-electron chi connectivity index (χ1n) is 8.23. The number of alkyl halides is 1. The minimum absolute atomic E-state index is 0.135. The number of thioether (sulfide) groups is 1. The summed E-state index contributed by atoms with van der Waals surface area (Å²) in [7, 11) is 0. The molecule has 7 heteroatoms. The molecule has 0 spiro atoms. The molecule has 5 nitrogen and oxygen atoms in total. The molecule has 1 amide bonds. The minimum atomic E-state index is -0.338. The van der Waals surface area contributed by atoms with Crippen molar-refractivity contribution in [3.05, 3.63) is 70.9 Å². The van der Waals surface area contributed by atoms with Gasteiger partial charge in [0.05, 0.1) is 20.8 Å². The van der Waals surface area contributed by atoms with Gasteiger partial charge in [0, 0.05) is 29.9 Å². The number of nitrogens with zero attached hydrogens (tertiary/aromatic N) is 3. The summed E-state index contributed by atoms with van der Waals surface area (Å²) in [6, 6.07) is 10.5. The second-order valence-corrected chi connectivity index (χ2v) is 9.00. The summed E-state index contributed by atoms with van der Waals surface area (Å²) >= 11 is 5.03. The summed E-state index contributed by atoms with van der Waals surface area (Å²) in [5.74, 6) is 0.0356. The number of hydrogen-bond donors (Lipinski definition) is 1. The highest BCUT2D eigenvalue weighted by atomic mass is 79.9. The predicted octanol–water partition coefficient (Wildman–Crippen LogP) is 4.21. The first-order chi connectivity index (χ1) is 12.6. The van der Waals surface area contributed by atoms with Crippen LogP contribution in [-0.2, 0) is 4.79 Å². The monoisotopic (exact) mass is 429 g/mol. The number of pyridine rings is 1. The van der Waals surface area contributed by atoms with E-state index >= 15 is 0 Å². The number of para-hydroxylation sites is 1. The molecule has 132 valence electrons. The number of amides is 1. The zero-order chi connectivity index (χ0) is 18.1. The Balaban J connectivity index is 1.71. The Labute approximate surface area is 163 Å². The smallest absolute Gasteiger partial charge is 0.280 e. The Hall–Kier alpha value is -2.12. The lowest BCUT2D eigenvalue weighted by Crippen LogP contribution is -2.27. The van der Waals surface area contributed by atoms with E-state index in [-0.39, 0.29) is 21.9 Å². The second-order valence-electron chi connectivity index (χ2n) is 6.05. The molecule has 0 fully saturated rings. The van der Waals surface area contributed by atoms with Crippen molar-refractivity contribution in [2.75, 3.05) is 0 Å². The summed E-state index contributed by atoms with van der Waals surface area (Å²) < 4.78 is 0.217. The van der Waals surface area contributed by atoms with Crippen LogP contribution in [0.3, 0.4) is 0 Å². The third-order valence-corrected chi connectivity index (χ3v) is 6.34. The van der Waals surface area contributed by atoms with Gasteiger partial charge in [-0.3, -0.25) is 9.78 Å². The van der Waals surface area contributed by atoms with Gasteiger partial charge in [-0.2, -0.15) is 5.10 Å². The standard InChI is InChI=1S/C19H16BrN3O2S/c20-18-8-7-17(26-18)19(25)23-15(13-5-1-2-6-16(13)24)10-14(22-23)12-4-3-9-21-11-12/h1-7,9,11,15,18,24H,8,10H2. The van der Waals surface area contributed by atoms with Crippen LogP contribution in [0.1, 0.15) is 30.0 Å². The first kappa shape index (κ1) is 17.3. The predicted molar refractivity (Wildman–Crippen MR) is 106 cm³/mol. The van der Waals surface area contributed by atoms with E-state index in [1.807, 2.05) is 30.3 Å². The van der Waals surface area contributed by atoms with Crippen molar-refractivity contribution in [2.24, 2.45) is 5.10 Å². The molecular formula is C19H16BrN3O2S. The van der Waals surface area contributed by atoms with Gasteiger partial charge in [-0.25, -0.2) is 5.01 Å². The molecule has 0 saturated heterocycles. The lowest BCUT2D eigenvalue weighted by molar-refractivity contribution is -0.128. The first-order valence-corrected chi connectivity index (χ1v) is 10.0. The summed E-state index contributed by atoms with van der Waals surface area (Å²) in [4.78, 5) is 17.9. The van der Waals surface area contributed by atoms with Crippen LogP contribution in [0.2, 0.25) is 0 Å². The molecule has 26 heavy (non-hydrogen) atoms. The molecule has 4 rings (SSSR count). The average molecular weight is 430 g/mol. The lowest BCUT2D eigenvalue weighted by Gasteiger charge is -2.23. The number of hydrogen-bond acceptors (Lipinski definition) is 5. The van der Waals surface area contributed by atoms with E-state index in [4.69, 9.17) is 0 Å². The molecule has 3 heterocycles. The van der Waals surface area contributed by atoms with Crippen LogP contribution in [0.5, 0.6) is 5.75 Å². The number of halogens is 1. The molecule has 0 aliphatic carbocycles. The molecule has 0 radical (unpaired) electrons. The number of aromatic nitrogens is 1. The van der Waals surface area contributed by atoms with E-state index in [9.17, 15) is 9.90 Å². The summed E-state index contributed by atoms with van der Waals surface area (Å²) in [5.41, 5.74) is 2.37.